The number of phenolic OH excluding ortho intramolecular Hbond substituents is 1. The predicted molar refractivity (Wildman–Crippen MR) is 153 cm³/mol. The number of benzene rings is 3. The van der Waals surface area contributed by atoms with Crippen molar-refractivity contribution < 1.29 is 9.50 Å². The second-order valence-electron chi connectivity index (χ2n) is 8.50. The first-order valence-electron chi connectivity index (χ1n) is 11.0. The Hall–Kier alpha value is -2.31. The molecule has 1 N–H and O–H groups in total. The third-order valence-electron chi connectivity index (χ3n) is 6.40. The largest absolute Gasteiger partial charge is 0.506 e. The van der Waals surface area contributed by atoms with Gasteiger partial charge in [-0.3, -0.25) is 9.36 Å². The van der Waals surface area contributed by atoms with Gasteiger partial charge in [0.05, 0.1) is 23.4 Å². The fourth-order valence-electron chi connectivity index (χ4n) is 4.79. The maximum atomic E-state index is 13.8. The van der Waals surface area contributed by atoms with Gasteiger partial charge in [-0.25, -0.2) is 9.38 Å². The second kappa shape index (κ2) is 8.97. The fraction of sp³-hybridized carbons (Fsp3) is 0.111. The highest BCUT2D eigenvalue weighted by molar-refractivity contribution is 14.1. The van der Waals surface area contributed by atoms with E-state index in [0.29, 0.717) is 9.33 Å². The van der Waals surface area contributed by atoms with Crippen molar-refractivity contribution in [1.29, 1.82) is 0 Å². The van der Waals surface area contributed by atoms with Gasteiger partial charge in [-0.15, -0.1) is 0 Å². The third kappa shape index (κ3) is 3.99. The van der Waals surface area contributed by atoms with Crippen LogP contribution in [0.15, 0.2) is 76.0 Å². The first kappa shape index (κ1) is 23.1. The number of aromatic nitrogens is 1. The van der Waals surface area contributed by atoms with Gasteiger partial charge in [0.1, 0.15) is 11.6 Å². The van der Waals surface area contributed by atoms with Crippen molar-refractivity contribution in [1.82, 2.24) is 4.57 Å². The summed E-state index contributed by atoms with van der Waals surface area (Å²) in [5.41, 5.74) is 5.95. The highest BCUT2D eigenvalue weighted by Gasteiger charge is 2.32. The van der Waals surface area contributed by atoms with Gasteiger partial charge in [-0.05, 0) is 111 Å². The molecule has 4 nitrogen and oxygen atoms in total. The zero-order valence-electron chi connectivity index (χ0n) is 18.1. The van der Waals surface area contributed by atoms with Gasteiger partial charge in [0.15, 0.2) is 4.80 Å². The standard InChI is InChI=1S/C27H17FI2N2O2S/c28-17-8-5-16(6-9-17)24-19-10-7-15-3-1-2-4-18(15)23(19)31-27-32(24)26(34)22(35-27)13-14-11-20(29)25(33)21(30)12-14/h1-6,8-9,11-13,24,33H,7,10H2/b22-13+/t24-/m1/s1. The molecule has 1 aliphatic heterocycles. The van der Waals surface area contributed by atoms with Crippen LogP contribution in [0.25, 0.3) is 11.8 Å². The quantitative estimate of drug-likeness (QED) is 0.285. The molecule has 2 aliphatic rings. The molecule has 2 heterocycles. The van der Waals surface area contributed by atoms with Crippen molar-refractivity contribution in [3.63, 3.8) is 0 Å². The van der Waals surface area contributed by atoms with Gasteiger partial charge in [0, 0.05) is 5.56 Å². The molecule has 0 saturated carbocycles. The van der Waals surface area contributed by atoms with Crippen molar-refractivity contribution in [2.45, 2.75) is 18.9 Å². The molecule has 174 valence electrons. The first-order valence-corrected chi connectivity index (χ1v) is 13.9. The summed E-state index contributed by atoms with van der Waals surface area (Å²) in [5.74, 6) is -0.0617. The third-order valence-corrected chi connectivity index (χ3v) is 9.02. The van der Waals surface area contributed by atoms with Crippen LogP contribution in [0.3, 0.4) is 0 Å². The Morgan fingerprint density at radius 2 is 1.77 bits per heavy atom. The smallest absolute Gasteiger partial charge is 0.271 e. The Balaban J connectivity index is 1.62. The molecule has 1 atom stereocenters. The summed E-state index contributed by atoms with van der Waals surface area (Å²) >= 11 is 5.54. The van der Waals surface area contributed by atoms with Crippen LogP contribution in [-0.2, 0) is 6.42 Å². The molecular formula is C27H17FI2N2O2S. The van der Waals surface area contributed by atoms with Crippen molar-refractivity contribution in [2.24, 2.45) is 4.99 Å². The number of halogens is 3. The van der Waals surface area contributed by atoms with Crippen molar-refractivity contribution in [3.05, 3.63) is 121 Å². The number of allylic oxidation sites excluding steroid dienone is 1. The topological polar surface area (TPSA) is 54.6 Å². The lowest BCUT2D eigenvalue weighted by Crippen LogP contribution is -2.38. The van der Waals surface area contributed by atoms with Crippen molar-refractivity contribution >= 4 is 68.3 Å². The Kier molecular flexibility index (Phi) is 5.92. The van der Waals surface area contributed by atoms with E-state index in [0.717, 1.165) is 47.9 Å². The molecule has 0 amide bonds. The molecule has 0 spiro atoms. The Labute approximate surface area is 231 Å². The summed E-state index contributed by atoms with van der Waals surface area (Å²) in [5, 5.41) is 10.1. The maximum Gasteiger partial charge on any atom is 0.271 e. The van der Waals surface area contributed by atoms with Crippen LogP contribution in [0, 0.1) is 13.0 Å². The molecule has 6 rings (SSSR count). The lowest BCUT2D eigenvalue weighted by molar-refractivity contribution is 0.467. The SMILES string of the molecule is O=c1/c(=C\c2cc(I)c(O)c(I)c2)sc2n1[C@H](c1ccc(F)cc1)C1=C(N=2)c2ccccc2CC1. The summed E-state index contributed by atoms with van der Waals surface area (Å²) in [6, 6.07) is 18.1. The number of thiazole rings is 1. The number of phenols is 1. The van der Waals surface area contributed by atoms with E-state index < -0.39 is 0 Å². The number of nitrogens with zero attached hydrogens (tertiary/aromatic N) is 2. The van der Waals surface area contributed by atoms with Crippen LogP contribution in [0.1, 0.15) is 34.7 Å². The molecule has 4 aromatic rings. The molecule has 0 saturated heterocycles. The van der Waals surface area contributed by atoms with Crippen LogP contribution in [0.2, 0.25) is 0 Å². The maximum absolute atomic E-state index is 13.8. The normalized spacial score (nSPS) is 17.0. The Morgan fingerprint density at radius 3 is 2.51 bits per heavy atom. The molecule has 8 heteroatoms. The average Bonchev–Trinajstić information content (AvgIpc) is 3.16. The highest BCUT2D eigenvalue weighted by Crippen LogP contribution is 2.41. The minimum atomic E-state index is -0.336. The predicted octanol–water partition coefficient (Wildman–Crippen LogP) is 5.37. The minimum absolute atomic E-state index is 0.119. The summed E-state index contributed by atoms with van der Waals surface area (Å²) in [6.45, 7) is 0. The lowest BCUT2D eigenvalue weighted by Gasteiger charge is -2.30. The van der Waals surface area contributed by atoms with Crippen LogP contribution >= 0.6 is 56.5 Å². The summed E-state index contributed by atoms with van der Waals surface area (Å²) in [6.07, 6.45) is 3.51. The second-order valence-corrected chi connectivity index (χ2v) is 11.8. The number of rotatable bonds is 2. The highest BCUT2D eigenvalue weighted by atomic mass is 127. The van der Waals surface area contributed by atoms with Crippen molar-refractivity contribution in [3.8, 4) is 5.75 Å². The van der Waals surface area contributed by atoms with Gasteiger partial charge in [0.2, 0.25) is 0 Å². The molecule has 0 unspecified atom stereocenters. The van der Waals surface area contributed by atoms with Gasteiger partial charge < -0.3 is 5.11 Å². The fourth-order valence-corrected chi connectivity index (χ4v) is 7.60. The van der Waals surface area contributed by atoms with Gasteiger partial charge >= 0.3 is 0 Å². The van der Waals surface area contributed by atoms with E-state index in [1.54, 1.807) is 16.7 Å². The molecule has 0 fully saturated rings. The lowest BCUT2D eigenvalue weighted by atomic mass is 9.83. The number of hydrogen-bond acceptors (Lipinski definition) is 4. The van der Waals surface area contributed by atoms with E-state index >= 15 is 0 Å². The molecule has 1 aliphatic carbocycles. The minimum Gasteiger partial charge on any atom is -0.506 e. The van der Waals surface area contributed by atoms with E-state index in [1.165, 1.54) is 29.0 Å². The van der Waals surface area contributed by atoms with Gasteiger partial charge in [-0.1, -0.05) is 47.7 Å². The number of fused-ring (bicyclic) bond motifs is 3. The average molecular weight is 706 g/mol. The van der Waals surface area contributed by atoms with Gasteiger partial charge in [-0.2, -0.15) is 0 Å². The van der Waals surface area contributed by atoms with Crippen LogP contribution in [0.5, 0.6) is 5.75 Å². The van der Waals surface area contributed by atoms with Crippen LogP contribution in [0.4, 0.5) is 4.39 Å². The van der Waals surface area contributed by atoms with E-state index in [4.69, 9.17) is 4.99 Å². The molecule has 35 heavy (non-hydrogen) atoms. The zero-order chi connectivity index (χ0) is 24.3. The molecule has 0 radical (unpaired) electrons. The van der Waals surface area contributed by atoms with E-state index in [-0.39, 0.29) is 23.2 Å². The Bertz CT molecular complexity index is 1700. The van der Waals surface area contributed by atoms with Crippen LogP contribution < -0.4 is 14.9 Å². The summed E-state index contributed by atoms with van der Waals surface area (Å²) in [4.78, 5) is 19.4. The van der Waals surface area contributed by atoms with Gasteiger partial charge in [0.25, 0.3) is 5.56 Å². The van der Waals surface area contributed by atoms with E-state index in [9.17, 15) is 14.3 Å². The molecule has 1 aromatic heterocycles. The first-order chi connectivity index (χ1) is 16.9. The zero-order valence-corrected chi connectivity index (χ0v) is 23.3. The molecular weight excluding hydrogens is 689 g/mol. The monoisotopic (exact) mass is 706 g/mol. The van der Waals surface area contributed by atoms with E-state index in [2.05, 4.69) is 57.3 Å². The van der Waals surface area contributed by atoms with E-state index in [1.807, 2.05) is 30.3 Å². The Morgan fingerprint density at radius 1 is 1.06 bits per heavy atom. The number of hydrogen-bond donors (Lipinski definition) is 1. The number of aromatic hydroxyl groups is 1. The van der Waals surface area contributed by atoms with Crippen LogP contribution in [-0.4, -0.2) is 9.67 Å². The van der Waals surface area contributed by atoms with Crippen molar-refractivity contribution in [2.75, 3.05) is 0 Å². The summed E-state index contributed by atoms with van der Waals surface area (Å²) in [7, 11) is 0. The molecule has 3 aromatic carbocycles. The number of aryl methyl sites for hydroxylation is 1. The summed E-state index contributed by atoms with van der Waals surface area (Å²) < 4.78 is 17.6. The molecule has 0 bridgehead atoms.